The van der Waals surface area contributed by atoms with Crippen molar-refractivity contribution in [3.05, 3.63) is 205 Å². The van der Waals surface area contributed by atoms with Gasteiger partial charge in [0.1, 0.15) is 34.5 Å². The average Bonchev–Trinajstić information content (AvgIpc) is 3.38. The fraction of sp³-hybridized carbons (Fsp3) is 0.182. The monoisotopic (exact) mass is 980 g/mol. The molecule has 0 atom stereocenters. The fourth-order valence-electron chi connectivity index (χ4n) is 11.5. The molecule has 0 unspecified atom stereocenters. The van der Waals surface area contributed by atoms with Gasteiger partial charge >= 0.3 is 0 Å². The molecule has 0 aromatic heterocycles. The molecule has 362 valence electrons. The van der Waals surface area contributed by atoms with Crippen molar-refractivity contribution in [1.82, 2.24) is 0 Å². The van der Waals surface area contributed by atoms with E-state index in [1.54, 1.807) is 0 Å². The zero-order valence-corrected chi connectivity index (χ0v) is 44.4. The first-order valence-corrected chi connectivity index (χ1v) is 26.8. The van der Waals surface area contributed by atoms with Crippen molar-refractivity contribution in [3.8, 4) is 34.5 Å². The normalized spacial score (nSPS) is 14.0. The van der Waals surface area contributed by atoms with Crippen LogP contribution in [0.15, 0.2) is 198 Å². The van der Waals surface area contributed by atoms with Gasteiger partial charge in [0.25, 0.3) is 13.4 Å². The van der Waals surface area contributed by atoms with Crippen LogP contribution in [0.1, 0.15) is 79.0 Å². The molecule has 0 N–H and O–H groups in total. The van der Waals surface area contributed by atoms with Gasteiger partial charge in [-0.25, -0.2) is 0 Å². The highest BCUT2D eigenvalue weighted by Gasteiger charge is 2.47. The summed E-state index contributed by atoms with van der Waals surface area (Å²) in [5.41, 5.74) is 17.9. The van der Waals surface area contributed by atoms with Crippen molar-refractivity contribution in [2.24, 2.45) is 0 Å². The first-order chi connectivity index (χ1) is 35.5. The minimum absolute atomic E-state index is 0.0147. The van der Waals surface area contributed by atoms with Gasteiger partial charge in [-0.05, 0) is 133 Å². The lowest BCUT2D eigenvalue weighted by Gasteiger charge is -2.45. The summed E-state index contributed by atoms with van der Waals surface area (Å²) in [6, 6.07) is 68.5. The minimum atomic E-state index is -0.0944. The summed E-state index contributed by atoms with van der Waals surface area (Å²) in [5, 5.41) is 0. The summed E-state index contributed by atoms with van der Waals surface area (Å²) in [4.78, 5) is 7.28. The summed E-state index contributed by atoms with van der Waals surface area (Å²) < 4.78 is 20.6. The molecule has 0 bridgehead atoms. The maximum atomic E-state index is 7.02. The molecule has 4 aliphatic rings. The molecule has 13 rings (SSSR count). The van der Waals surface area contributed by atoms with E-state index in [1.807, 2.05) is 11.8 Å². The van der Waals surface area contributed by atoms with Gasteiger partial charge in [0, 0.05) is 62.1 Å². The predicted molar refractivity (Wildman–Crippen MR) is 311 cm³/mol. The Hall–Kier alpha value is -7.54. The molecular formula is C66H58B2N2O3S. The number of benzene rings is 9. The molecule has 0 radical (unpaired) electrons. The van der Waals surface area contributed by atoms with Gasteiger partial charge in [-0.2, -0.15) is 0 Å². The summed E-state index contributed by atoms with van der Waals surface area (Å²) in [6.07, 6.45) is 0. The average molecular weight is 981 g/mol. The van der Waals surface area contributed by atoms with Crippen molar-refractivity contribution in [1.29, 1.82) is 0 Å². The van der Waals surface area contributed by atoms with Crippen LogP contribution in [0, 0.1) is 0 Å². The minimum Gasteiger partial charge on any atom is -0.458 e. The molecular weight excluding hydrogens is 922 g/mol. The van der Waals surface area contributed by atoms with Gasteiger partial charge in [-0.15, -0.1) is 0 Å². The molecule has 5 nitrogen and oxygen atoms in total. The lowest BCUT2D eigenvalue weighted by molar-refractivity contribution is 0.460. The van der Waals surface area contributed by atoms with Crippen molar-refractivity contribution >= 4 is 92.1 Å². The first kappa shape index (κ1) is 46.3. The van der Waals surface area contributed by atoms with E-state index < -0.39 is 0 Å². The second-order valence-electron chi connectivity index (χ2n) is 23.4. The van der Waals surface area contributed by atoms with E-state index in [0.29, 0.717) is 0 Å². The number of rotatable bonds is 6. The smallest absolute Gasteiger partial charge is 0.253 e. The molecule has 4 aliphatic heterocycles. The standard InChI is InChI=1S/C66H58B2N2O3S/c1-64(2,3)41-23-29-45(30-24-41)70-55-40-60-53(68-51-20-14-16-22-58(51)73-59-37-49(38-61(74-60)63(59)68)72-47-33-27-43(28-34-47)66(7,8)9)39-52(55)67-50-19-13-15-21-54(50)69(44-17-11-10-12-18-44)56-35-48(36-57(70)62(56)67)71-46-31-25-42(26-32-46)65(4,5)6/h10-40H,1-9H3. The second-order valence-corrected chi connectivity index (χ2v) is 24.5. The van der Waals surface area contributed by atoms with E-state index in [4.69, 9.17) is 14.2 Å². The van der Waals surface area contributed by atoms with Crippen LogP contribution >= 0.6 is 11.8 Å². The number of ether oxygens (including phenoxy) is 3. The van der Waals surface area contributed by atoms with Crippen LogP contribution in [-0.4, -0.2) is 13.4 Å². The van der Waals surface area contributed by atoms with Crippen LogP contribution in [0.3, 0.4) is 0 Å². The summed E-state index contributed by atoms with van der Waals surface area (Å²) in [5.74, 6) is 4.82. The highest BCUT2D eigenvalue weighted by atomic mass is 32.2. The van der Waals surface area contributed by atoms with E-state index in [-0.39, 0.29) is 29.7 Å². The lowest BCUT2D eigenvalue weighted by Crippen LogP contribution is -2.64. The first-order valence-electron chi connectivity index (χ1n) is 26.0. The number of hydrogen-bond donors (Lipinski definition) is 0. The van der Waals surface area contributed by atoms with Crippen LogP contribution in [0.2, 0.25) is 0 Å². The Morgan fingerprint density at radius 3 is 1.47 bits per heavy atom. The number of hydrogen-bond acceptors (Lipinski definition) is 6. The van der Waals surface area contributed by atoms with Crippen LogP contribution in [0.5, 0.6) is 34.5 Å². The Bertz CT molecular complexity index is 3690. The Labute approximate surface area is 441 Å². The van der Waals surface area contributed by atoms with Crippen molar-refractivity contribution in [3.63, 3.8) is 0 Å². The summed E-state index contributed by atoms with van der Waals surface area (Å²) in [7, 11) is 0. The predicted octanol–water partition coefficient (Wildman–Crippen LogP) is 14.3. The molecule has 0 saturated heterocycles. The van der Waals surface area contributed by atoms with Gasteiger partial charge in [-0.1, -0.05) is 177 Å². The van der Waals surface area contributed by atoms with E-state index in [1.165, 1.54) is 48.9 Å². The molecule has 0 amide bonds. The van der Waals surface area contributed by atoms with Crippen LogP contribution in [0.4, 0.5) is 34.1 Å². The van der Waals surface area contributed by atoms with Crippen molar-refractivity contribution < 1.29 is 14.2 Å². The van der Waals surface area contributed by atoms with Gasteiger partial charge in [0.2, 0.25) is 0 Å². The topological polar surface area (TPSA) is 34.2 Å². The lowest BCUT2D eigenvalue weighted by atomic mass is 9.31. The van der Waals surface area contributed by atoms with Gasteiger partial charge in [0.15, 0.2) is 0 Å². The molecule has 9 aromatic carbocycles. The summed E-state index contributed by atoms with van der Waals surface area (Å²) >= 11 is 1.81. The van der Waals surface area contributed by atoms with Crippen LogP contribution in [-0.2, 0) is 16.2 Å². The van der Waals surface area contributed by atoms with E-state index in [2.05, 4.69) is 260 Å². The highest BCUT2D eigenvalue weighted by Crippen LogP contribution is 2.49. The van der Waals surface area contributed by atoms with Gasteiger partial charge < -0.3 is 24.0 Å². The molecule has 4 heterocycles. The third-order valence-corrected chi connectivity index (χ3v) is 16.5. The SMILES string of the molecule is CC(C)(C)c1ccc(Oc2cc3c4c(c2)Sc2cc5c(cc2B4c2ccccc2O3)B2c3ccccc3N(c3ccccc3)c3cc(Oc4ccc(C(C)(C)C)cc4)cc(c32)N5c2ccc(C(C)(C)C)cc2)cc1. The Balaban J connectivity index is 1.04. The molecule has 74 heavy (non-hydrogen) atoms. The van der Waals surface area contributed by atoms with Gasteiger partial charge in [0.05, 0.1) is 0 Å². The van der Waals surface area contributed by atoms with Crippen LogP contribution in [0.25, 0.3) is 0 Å². The molecule has 0 spiro atoms. The number of fused-ring (bicyclic) bond motifs is 8. The van der Waals surface area contributed by atoms with Crippen LogP contribution < -0.4 is 56.8 Å². The van der Waals surface area contributed by atoms with E-state index in [0.717, 1.165) is 79.0 Å². The van der Waals surface area contributed by atoms with Crippen molar-refractivity contribution in [2.75, 3.05) is 9.80 Å². The third-order valence-electron chi connectivity index (χ3n) is 15.3. The number of anilines is 6. The molecule has 0 saturated carbocycles. The molecule has 9 aromatic rings. The molecule has 0 aliphatic carbocycles. The Kier molecular flexibility index (Phi) is 10.6. The zero-order chi connectivity index (χ0) is 50.8. The van der Waals surface area contributed by atoms with E-state index >= 15 is 0 Å². The largest absolute Gasteiger partial charge is 0.458 e. The Morgan fingerprint density at radius 1 is 0.365 bits per heavy atom. The quantitative estimate of drug-likeness (QED) is 0.154. The molecule has 8 heteroatoms. The molecule has 0 fully saturated rings. The summed E-state index contributed by atoms with van der Waals surface area (Å²) in [6.45, 7) is 20.1. The highest BCUT2D eigenvalue weighted by molar-refractivity contribution is 8.00. The third kappa shape index (κ3) is 7.80. The fourth-order valence-corrected chi connectivity index (χ4v) is 12.7. The van der Waals surface area contributed by atoms with Crippen molar-refractivity contribution in [2.45, 2.75) is 88.3 Å². The zero-order valence-electron chi connectivity index (χ0n) is 43.6. The maximum absolute atomic E-state index is 7.02. The second kappa shape index (κ2) is 17.0. The number of para-hydroxylation sites is 3. The number of nitrogens with zero attached hydrogens (tertiary/aromatic N) is 2. The van der Waals surface area contributed by atoms with Gasteiger partial charge in [-0.3, -0.25) is 0 Å². The maximum Gasteiger partial charge on any atom is 0.253 e. The van der Waals surface area contributed by atoms with E-state index in [9.17, 15) is 0 Å². The Morgan fingerprint density at radius 2 is 0.865 bits per heavy atom.